The Morgan fingerprint density at radius 2 is 1.92 bits per heavy atom. The van der Waals surface area contributed by atoms with Gasteiger partial charge in [0.25, 0.3) is 5.91 Å². The Morgan fingerprint density at radius 3 is 2.54 bits per heavy atom. The number of H-pyrrole nitrogens is 1. The van der Waals surface area contributed by atoms with E-state index in [2.05, 4.69) is 20.6 Å². The fourth-order valence-corrected chi connectivity index (χ4v) is 2.20. The van der Waals surface area contributed by atoms with Crippen LogP contribution in [-0.4, -0.2) is 57.4 Å². The van der Waals surface area contributed by atoms with Crippen LogP contribution in [0, 0.1) is 0 Å². The highest BCUT2D eigenvalue weighted by molar-refractivity contribution is 5.98. The van der Waals surface area contributed by atoms with Crippen LogP contribution >= 0.6 is 0 Å². The van der Waals surface area contributed by atoms with Crippen LogP contribution in [0.15, 0.2) is 24.3 Å². The standard InChI is InChI=1S/C16H17FN4O5/c1-8(15(25)21-11(6-13(23)24)12(22)7-17)18-16(26)14-19-9-4-2-3-5-10(9)20-14/h2-5,8,11H,6-7H2,1H3,(H,18,26)(H,19,20)(H,21,25)(H,23,24)/t8-,11?/m0/s1. The summed E-state index contributed by atoms with van der Waals surface area (Å²) in [6.07, 6.45) is -0.751. The lowest BCUT2D eigenvalue weighted by molar-refractivity contribution is -0.140. The van der Waals surface area contributed by atoms with Gasteiger partial charge in [-0.25, -0.2) is 9.37 Å². The van der Waals surface area contributed by atoms with Crippen LogP contribution in [-0.2, 0) is 14.4 Å². The Hall–Kier alpha value is -3.30. The number of carbonyl (C=O) groups is 4. The summed E-state index contributed by atoms with van der Waals surface area (Å²) >= 11 is 0. The number of para-hydroxylation sites is 2. The Labute approximate surface area is 147 Å². The molecule has 0 saturated carbocycles. The topological polar surface area (TPSA) is 141 Å². The lowest BCUT2D eigenvalue weighted by Crippen LogP contribution is -2.51. The van der Waals surface area contributed by atoms with E-state index in [-0.39, 0.29) is 5.82 Å². The van der Waals surface area contributed by atoms with Crippen LogP contribution in [0.5, 0.6) is 0 Å². The number of imidazole rings is 1. The van der Waals surface area contributed by atoms with E-state index in [1.807, 2.05) is 0 Å². The van der Waals surface area contributed by atoms with E-state index in [0.29, 0.717) is 11.0 Å². The summed E-state index contributed by atoms with van der Waals surface area (Å²) in [5.74, 6) is -3.90. The van der Waals surface area contributed by atoms with E-state index in [4.69, 9.17) is 5.11 Å². The van der Waals surface area contributed by atoms with Crippen molar-refractivity contribution in [1.82, 2.24) is 20.6 Å². The number of carboxylic acids is 1. The van der Waals surface area contributed by atoms with E-state index in [1.54, 1.807) is 24.3 Å². The highest BCUT2D eigenvalue weighted by Gasteiger charge is 2.26. The average molecular weight is 364 g/mol. The van der Waals surface area contributed by atoms with Crippen molar-refractivity contribution >= 4 is 34.6 Å². The summed E-state index contributed by atoms with van der Waals surface area (Å²) in [5, 5.41) is 13.2. The lowest BCUT2D eigenvalue weighted by atomic mass is 10.1. The zero-order valence-corrected chi connectivity index (χ0v) is 13.8. The third-order valence-corrected chi connectivity index (χ3v) is 3.56. The number of aromatic nitrogens is 2. The van der Waals surface area contributed by atoms with Crippen LogP contribution in [0.2, 0.25) is 0 Å². The Morgan fingerprint density at radius 1 is 1.23 bits per heavy atom. The molecule has 2 rings (SSSR count). The minimum absolute atomic E-state index is 0.00669. The van der Waals surface area contributed by atoms with Gasteiger partial charge in [0, 0.05) is 0 Å². The molecule has 2 amide bonds. The molecule has 0 radical (unpaired) electrons. The van der Waals surface area contributed by atoms with Gasteiger partial charge in [0.2, 0.25) is 5.91 Å². The van der Waals surface area contributed by atoms with E-state index in [1.165, 1.54) is 6.92 Å². The first-order chi connectivity index (χ1) is 12.3. The van der Waals surface area contributed by atoms with E-state index >= 15 is 0 Å². The van der Waals surface area contributed by atoms with Gasteiger partial charge in [0.05, 0.1) is 17.5 Å². The third-order valence-electron chi connectivity index (χ3n) is 3.56. The van der Waals surface area contributed by atoms with Crippen molar-refractivity contribution in [1.29, 1.82) is 0 Å². The molecule has 0 saturated heterocycles. The molecule has 0 aliphatic heterocycles. The molecule has 0 fully saturated rings. The molecule has 9 nitrogen and oxygen atoms in total. The molecule has 1 unspecified atom stereocenters. The smallest absolute Gasteiger partial charge is 0.305 e. The maximum Gasteiger partial charge on any atom is 0.305 e. The van der Waals surface area contributed by atoms with Gasteiger partial charge < -0.3 is 20.7 Å². The Balaban J connectivity index is 2.01. The minimum Gasteiger partial charge on any atom is -0.481 e. The molecule has 1 heterocycles. The largest absolute Gasteiger partial charge is 0.481 e. The second-order valence-electron chi connectivity index (χ2n) is 5.56. The number of Topliss-reactive ketones (excluding diaryl/α,β-unsaturated/α-hetero) is 1. The first-order valence-electron chi connectivity index (χ1n) is 7.68. The van der Waals surface area contributed by atoms with Crippen molar-refractivity contribution in [3.05, 3.63) is 30.1 Å². The highest BCUT2D eigenvalue weighted by atomic mass is 19.1. The molecule has 0 bridgehead atoms. The molecule has 138 valence electrons. The number of fused-ring (bicyclic) bond motifs is 1. The van der Waals surface area contributed by atoms with E-state index in [9.17, 15) is 23.6 Å². The number of hydrogen-bond donors (Lipinski definition) is 4. The van der Waals surface area contributed by atoms with Gasteiger partial charge in [-0.3, -0.25) is 19.2 Å². The first-order valence-corrected chi connectivity index (χ1v) is 7.68. The lowest BCUT2D eigenvalue weighted by Gasteiger charge is -2.18. The number of carbonyl (C=O) groups excluding carboxylic acids is 3. The summed E-state index contributed by atoms with van der Waals surface area (Å²) in [6, 6.07) is 4.36. The SMILES string of the molecule is C[C@H](NC(=O)c1nc2ccccc2[nH]1)C(=O)NC(CC(=O)O)C(=O)CF. The molecular weight excluding hydrogens is 347 g/mol. The molecule has 26 heavy (non-hydrogen) atoms. The van der Waals surface area contributed by atoms with Gasteiger partial charge >= 0.3 is 5.97 Å². The zero-order valence-electron chi connectivity index (χ0n) is 13.8. The Bertz CT molecular complexity index is 817. The van der Waals surface area contributed by atoms with Gasteiger partial charge in [-0.15, -0.1) is 0 Å². The zero-order chi connectivity index (χ0) is 19.3. The number of nitrogens with zero attached hydrogens (tertiary/aromatic N) is 1. The summed E-state index contributed by atoms with van der Waals surface area (Å²) in [5.41, 5.74) is 1.22. The van der Waals surface area contributed by atoms with E-state index < -0.39 is 48.7 Å². The molecule has 1 aromatic heterocycles. The van der Waals surface area contributed by atoms with Gasteiger partial charge in [0.15, 0.2) is 11.6 Å². The van der Waals surface area contributed by atoms with Crippen LogP contribution < -0.4 is 10.6 Å². The molecular formula is C16H17FN4O5. The number of rotatable bonds is 8. The number of nitrogens with one attached hydrogen (secondary N) is 3. The van der Waals surface area contributed by atoms with Gasteiger partial charge in [-0.1, -0.05) is 12.1 Å². The number of amides is 2. The maximum absolute atomic E-state index is 12.5. The number of aromatic amines is 1. The summed E-state index contributed by atoms with van der Waals surface area (Å²) in [6.45, 7) is -0.0639. The van der Waals surface area contributed by atoms with Gasteiger partial charge in [-0.2, -0.15) is 0 Å². The van der Waals surface area contributed by atoms with Crippen molar-refractivity contribution in [2.75, 3.05) is 6.67 Å². The number of carboxylic acid groups (broad SMARTS) is 1. The Kier molecular flexibility index (Phi) is 5.99. The van der Waals surface area contributed by atoms with Crippen LogP contribution in [0.25, 0.3) is 11.0 Å². The van der Waals surface area contributed by atoms with Crippen molar-refractivity contribution in [2.45, 2.75) is 25.4 Å². The summed E-state index contributed by atoms with van der Waals surface area (Å²) in [7, 11) is 0. The monoisotopic (exact) mass is 364 g/mol. The average Bonchev–Trinajstić information content (AvgIpc) is 3.04. The minimum atomic E-state index is -1.50. The van der Waals surface area contributed by atoms with Crippen molar-refractivity contribution in [3.8, 4) is 0 Å². The molecule has 1 aromatic carbocycles. The first kappa shape index (κ1) is 19.0. The molecule has 0 aliphatic rings. The number of ketones is 1. The highest BCUT2D eigenvalue weighted by Crippen LogP contribution is 2.10. The maximum atomic E-state index is 12.5. The molecule has 2 atom stereocenters. The number of benzene rings is 1. The molecule has 0 spiro atoms. The second-order valence-corrected chi connectivity index (χ2v) is 5.56. The second kappa shape index (κ2) is 8.19. The third kappa shape index (κ3) is 4.62. The van der Waals surface area contributed by atoms with Gasteiger partial charge in [0.1, 0.15) is 18.8 Å². The number of aliphatic carboxylic acids is 1. The predicted molar refractivity (Wildman–Crippen MR) is 88.2 cm³/mol. The van der Waals surface area contributed by atoms with Crippen LogP contribution in [0.1, 0.15) is 24.0 Å². The molecule has 0 aliphatic carbocycles. The normalized spacial score (nSPS) is 13.0. The molecule has 2 aromatic rings. The molecule has 10 heteroatoms. The summed E-state index contributed by atoms with van der Waals surface area (Å²) in [4.78, 5) is 53.2. The van der Waals surface area contributed by atoms with Crippen molar-refractivity contribution in [3.63, 3.8) is 0 Å². The van der Waals surface area contributed by atoms with Gasteiger partial charge in [-0.05, 0) is 19.1 Å². The summed E-state index contributed by atoms with van der Waals surface area (Å²) < 4.78 is 12.5. The number of hydrogen-bond acceptors (Lipinski definition) is 5. The van der Waals surface area contributed by atoms with Crippen LogP contribution in [0.3, 0.4) is 0 Å². The number of halogens is 1. The van der Waals surface area contributed by atoms with E-state index in [0.717, 1.165) is 0 Å². The predicted octanol–water partition coefficient (Wildman–Crippen LogP) is 0.179. The fourth-order valence-electron chi connectivity index (χ4n) is 2.20. The molecule has 4 N–H and O–H groups in total. The van der Waals surface area contributed by atoms with Crippen molar-refractivity contribution in [2.24, 2.45) is 0 Å². The quantitative estimate of drug-likeness (QED) is 0.526. The fraction of sp³-hybridized carbons (Fsp3) is 0.312. The number of alkyl halides is 1. The van der Waals surface area contributed by atoms with Crippen molar-refractivity contribution < 1.29 is 28.7 Å². The van der Waals surface area contributed by atoms with Crippen LogP contribution in [0.4, 0.5) is 4.39 Å².